The van der Waals surface area contributed by atoms with Crippen LogP contribution in [0.2, 0.25) is 0 Å². The lowest BCUT2D eigenvalue weighted by atomic mass is 9.75. The number of benzene rings is 2. The Morgan fingerprint density at radius 2 is 1.83 bits per heavy atom. The number of hydrogen-bond acceptors (Lipinski definition) is 4. The minimum absolute atomic E-state index is 0.0601. The van der Waals surface area contributed by atoms with Crippen molar-refractivity contribution in [3.05, 3.63) is 80.3 Å². The van der Waals surface area contributed by atoms with Crippen molar-refractivity contribution in [2.24, 2.45) is 17.8 Å². The van der Waals surface area contributed by atoms with Crippen molar-refractivity contribution in [1.29, 1.82) is 0 Å². The number of carbonyl (C=O) groups is 1. The Kier molecular flexibility index (Phi) is 5.60. The molecule has 35 heavy (non-hydrogen) atoms. The first-order valence-electron chi connectivity index (χ1n) is 11.7. The van der Waals surface area contributed by atoms with E-state index >= 15 is 0 Å². The number of halogens is 3. The Bertz CT molecular complexity index is 1330. The average molecular weight is 517 g/mol. The Hall–Kier alpha value is -2.52. The van der Waals surface area contributed by atoms with Crippen molar-refractivity contribution in [1.82, 2.24) is 4.57 Å². The summed E-state index contributed by atoms with van der Waals surface area (Å²) in [5, 5.41) is 3.80. The van der Waals surface area contributed by atoms with E-state index in [1.165, 1.54) is 52.9 Å². The fourth-order valence-electron chi connectivity index (χ4n) is 6.24. The number of thioether (sulfide) groups is 1. The third-order valence-electron chi connectivity index (χ3n) is 7.62. The second kappa shape index (κ2) is 8.55. The minimum Gasteiger partial charge on any atom is -0.325 e. The number of rotatable bonds is 4. The number of carbonyl (C=O) groups excluding carboxylic acids is 1. The quantitative estimate of drug-likeness (QED) is 0.448. The van der Waals surface area contributed by atoms with Crippen LogP contribution in [-0.4, -0.2) is 15.7 Å². The molecule has 2 bridgehead atoms. The monoisotopic (exact) mass is 516 g/mol. The van der Waals surface area contributed by atoms with Gasteiger partial charge in [-0.1, -0.05) is 47.7 Å². The van der Waals surface area contributed by atoms with E-state index in [0.29, 0.717) is 23.0 Å². The maximum atomic E-state index is 13.1. The van der Waals surface area contributed by atoms with Gasteiger partial charge in [-0.25, -0.2) is 0 Å². The van der Waals surface area contributed by atoms with Crippen LogP contribution in [-0.2, 0) is 17.5 Å². The van der Waals surface area contributed by atoms with Crippen molar-refractivity contribution >= 4 is 34.7 Å². The summed E-state index contributed by atoms with van der Waals surface area (Å²) >= 11 is 2.94. The highest BCUT2D eigenvalue weighted by atomic mass is 32.2. The van der Waals surface area contributed by atoms with Gasteiger partial charge in [0.1, 0.15) is 6.54 Å². The first kappa shape index (κ1) is 22.9. The molecular formula is C26H23F3N2O2S2. The number of fused-ring (bicyclic) bond motifs is 6. The molecule has 1 amide bonds. The highest BCUT2D eigenvalue weighted by Crippen LogP contribution is 2.63. The van der Waals surface area contributed by atoms with Crippen LogP contribution in [0.4, 0.5) is 18.9 Å². The molecule has 3 aromatic rings. The maximum absolute atomic E-state index is 13.1. The van der Waals surface area contributed by atoms with Gasteiger partial charge in [0.25, 0.3) is 0 Å². The molecule has 2 heterocycles. The van der Waals surface area contributed by atoms with Crippen molar-refractivity contribution < 1.29 is 18.0 Å². The highest BCUT2D eigenvalue weighted by molar-refractivity contribution is 8.00. The number of nitrogens with one attached hydrogen (secondary N) is 1. The van der Waals surface area contributed by atoms with Gasteiger partial charge in [0.15, 0.2) is 0 Å². The fourth-order valence-corrected chi connectivity index (χ4v) is 9.39. The number of hydrogen-bond donors (Lipinski definition) is 1. The van der Waals surface area contributed by atoms with E-state index in [4.69, 9.17) is 0 Å². The topological polar surface area (TPSA) is 51.1 Å². The van der Waals surface area contributed by atoms with Crippen LogP contribution in [0.1, 0.15) is 41.2 Å². The van der Waals surface area contributed by atoms with Gasteiger partial charge in [0.05, 0.1) is 10.6 Å². The zero-order chi connectivity index (χ0) is 24.3. The summed E-state index contributed by atoms with van der Waals surface area (Å²) in [6, 6.07) is 14.8. The second-order valence-corrected chi connectivity index (χ2v) is 11.8. The zero-order valence-electron chi connectivity index (χ0n) is 18.6. The van der Waals surface area contributed by atoms with Crippen LogP contribution in [0.3, 0.4) is 0 Å². The van der Waals surface area contributed by atoms with E-state index in [9.17, 15) is 22.8 Å². The molecule has 0 radical (unpaired) electrons. The second-order valence-electron chi connectivity index (χ2n) is 9.63. The lowest BCUT2D eigenvalue weighted by molar-refractivity contribution is -0.137. The van der Waals surface area contributed by atoms with Crippen molar-refractivity contribution in [2.75, 3.05) is 5.32 Å². The standard InChI is InChI=1S/C26H23F3N2O2S2/c27-26(28,29)17-7-4-8-18(12-17)30-19(32)13-31-24-23(35-25(31)33)20(14-5-2-1-3-6-14)21-15-9-10-16(11-15)22(21)34-24/h1-8,12,15-16,20-22H,9-11,13H2,(H,30,32)/t15?,16?,20-,21?,22?/m1/s1. The molecule has 5 atom stereocenters. The first-order chi connectivity index (χ1) is 16.8. The zero-order valence-corrected chi connectivity index (χ0v) is 20.3. The Labute approximate surface area is 208 Å². The van der Waals surface area contributed by atoms with Gasteiger partial charge in [-0.15, -0.1) is 11.8 Å². The summed E-state index contributed by atoms with van der Waals surface area (Å²) in [6.07, 6.45) is -0.828. The van der Waals surface area contributed by atoms with E-state index in [-0.39, 0.29) is 23.0 Å². The van der Waals surface area contributed by atoms with Crippen molar-refractivity contribution in [3.8, 4) is 0 Å². The van der Waals surface area contributed by atoms with E-state index < -0.39 is 17.6 Å². The molecule has 2 aromatic carbocycles. The molecule has 182 valence electrons. The van der Waals surface area contributed by atoms with E-state index in [2.05, 4.69) is 17.4 Å². The number of nitrogens with zero attached hydrogens (tertiary/aromatic N) is 1. The lowest BCUT2D eigenvalue weighted by Gasteiger charge is -2.40. The van der Waals surface area contributed by atoms with E-state index in [0.717, 1.165) is 22.0 Å². The number of anilines is 1. The molecular weight excluding hydrogens is 493 g/mol. The smallest absolute Gasteiger partial charge is 0.325 e. The largest absolute Gasteiger partial charge is 0.416 e. The molecule has 1 aliphatic heterocycles. The highest BCUT2D eigenvalue weighted by Gasteiger charge is 2.55. The van der Waals surface area contributed by atoms with Gasteiger partial charge in [-0.2, -0.15) is 13.2 Å². The predicted molar refractivity (Wildman–Crippen MR) is 131 cm³/mol. The normalized spacial score (nSPS) is 26.9. The van der Waals surface area contributed by atoms with Gasteiger partial charge in [0, 0.05) is 21.7 Å². The maximum Gasteiger partial charge on any atom is 0.416 e. The molecule has 1 N–H and O–H groups in total. The molecule has 2 fully saturated rings. The fraction of sp³-hybridized carbons (Fsp3) is 0.385. The van der Waals surface area contributed by atoms with Crippen LogP contribution in [0.5, 0.6) is 0 Å². The summed E-state index contributed by atoms with van der Waals surface area (Å²) in [5.41, 5.74) is 0.437. The number of aromatic nitrogens is 1. The molecule has 0 saturated heterocycles. The molecule has 3 aliphatic rings. The number of amides is 1. The van der Waals surface area contributed by atoms with Gasteiger partial charge in [0.2, 0.25) is 5.91 Å². The van der Waals surface area contributed by atoms with Gasteiger partial charge < -0.3 is 5.32 Å². The number of alkyl halides is 3. The average Bonchev–Trinajstić information content (AvgIpc) is 3.52. The molecule has 4 unspecified atom stereocenters. The third-order valence-corrected chi connectivity index (χ3v) is 10.5. The van der Waals surface area contributed by atoms with Crippen LogP contribution in [0.15, 0.2) is 64.4 Å². The minimum atomic E-state index is -4.50. The molecule has 6 rings (SSSR count). The molecule has 0 spiro atoms. The summed E-state index contributed by atoms with van der Waals surface area (Å²) in [5.74, 6) is 1.39. The van der Waals surface area contributed by atoms with Crippen LogP contribution >= 0.6 is 23.1 Å². The summed E-state index contributed by atoms with van der Waals surface area (Å²) < 4.78 is 40.6. The molecule has 4 nitrogen and oxygen atoms in total. The van der Waals surface area contributed by atoms with Gasteiger partial charge >= 0.3 is 11.0 Å². The lowest BCUT2D eigenvalue weighted by Crippen LogP contribution is -2.34. The molecule has 2 saturated carbocycles. The molecule has 9 heteroatoms. The van der Waals surface area contributed by atoms with Gasteiger partial charge in [-0.3, -0.25) is 14.2 Å². The van der Waals surface area contributed by atoms with Crippen LogP contribution in [0, 0.1) is 17.8 Å². The Morgan fingerprint density at radius 3 is 2.60 bits per heavy atom. The molecule has 2 aliphatic carbocycles. The van der Waals surface area contributed by atoms with E-state index in [1.54, 1.807) is 11.8 Å². The van der Waals surface area contributed by atoms with Crippen molar-refractivity contribution in [3.63, 3.8) is 0 Å². The number of thiazole rings is 1. The third kappa shape index (κ3) is 4.02. The van der Waals surface area contributed by atoms with E-state index in [1.807, 2.05) is 18.2 Å². The molecule has 1 aromatic heterocycles. The van der Waals surface area contributed by atoms with Crippen LogP contribution < -0.4 is 10.2 Å². The van der Waals surface area contributed by atoms with Crippen LogP contribution in [0.25, 0.3) is 0 Å². The van der Waals surface area contributed by atoms with Gasteiger partial charge in [-0.05, 0) is 60.8 Å². The first-order valence-corrected chi connectivity index (χ1v) is 13.4. The summed E-state index contributed by atoms with van der Waals surface area (Å²) in [4.78, 5) is 26.7. The summed E-state index contributed by atoms with van der Waals surface area (Å²) in [6.45, 7) is -0.221. The Balaban J connectivity index is 1.32. The van der Waals surface area contributed by atoms with Crippen molar-refractivity contribution in [2.45, 2.75) is 48.2 Å². The SMILES string of the molecule is O=C(Cn1c2c(sc1=O)[C@H](c1ccccc1)C1C3CCC(C3)C1S2)Nc1cccc(C(F)(F)F)c1. The predicted octanol–water partition coefficient (Wildman–Crippen LogP) is 6.22. The summed E-state index contributed by atoms with van der Waals surface area (Å²) in [7, 11) is 0. The Morgan fingerprint density at radius 1 is 1.06 bits per heavy atom.